The summed E-state index contributed by atoms with van der Waals surface area (Å²) in [6.45, 7) is 6.73. The largest absolute Gasteiger partial charge is 0.0843 e. The first-order valence-electron chi connectivity index (χ1n) is 9.51. The number of rotatable bonds is 9. The van der Waals surface area contributed by atoms with Gasteiger partial charge in [0.2, 0.25) is 0 Å². The molecule has 0 nitrogen and oxygen atoms in total. The first kappa shape index (κ1) is 19.1. The van der Waals surface area contributed by atoms with Gasteiger partial charge in [0.25, 0.3) is 0 Å². The van der Waals surface area contributed by atoms with E-state index in [1.807, 2.05) is 6.07 Å². The molecular formula is C23H31Cl. The van der Waals surface area contributed by atoms with Gasteiger partial charge in [0, 0.05) is 10.9 Å². The fraction of sp³-hybridized carbons (Fsp3) is 0.478. The SMILES string of the molecule is CCCCCCCC(c1ccc(Cl)cc1C)c1ccccc1CC. The Kier molecular flexibility index (Phi) is 7.85. The highest BCUT2D eigenvalue weighted by Gasteiger charge is 2.18. The van der Waals surface area contributed by atoms with Crippen LogP contribution in [0.1, 0.15) is 80.5 Å². The van der Waals surface area contributed by atoms with Crippen LogP contribution in [0.4, 0.5) is 0 Å². The Hall–Kier alpha value is -1.27. The number of halogens is 1. The molecule has 1 atom stereocenters. The van der Waals surface area contributed by atoms with Crippen molar-refractivity contribution in [1.29, 1.82) is 0 Å². The van der Waals surface area contributed by atoms with Gasteiger partial charge >= 0.3 is 0 Å². The molecule has 0 fully saturated rings. The van der Waals surface area contributed by atoms with Gasteiger partial charge in [-0.1, -0.05) is 87.9 Å². The molecular weight excluding hydrogens is 312 g/mol. The molecule has 0 saturated heterocycles. The molecule has 2 aromatic carbocycles. The molecule has 0 aromatic heterocycles. The summed E-state index contributed by atoms with van der Waals surface area (Å²) in [6.07, 6.45) is 8.97. The average Bonchev–Trinajstić information content (AvgIpc) is 2.59. The van der Waals surface area contributed by atoms with Crippen LogP contribution in [0.2, 0.25) is 5.02 Å². The number of unbranched alkanes of at least 4 members (excludes halogenated alkanes) is 4. The fourth-order valence-corrected chi connectivity index (χ4v) is 3.88. The van der Waals surface area contributed by atoms with Crippen LogP contribution in [-0.2, 0) is 6.42 Å². The third-order valence-corrected chi connectivity index (χ3v) is 5.25. The predicted molar refractivity (Wildman–Crippen MR) is 107 cm³/mol. The van der Waals surface area contributed by atoms with E-state index in [2.05, 4.69) is 57.2 Å². The maximum absolute atomic E-state index is 6.19. The van der Waals surface area contributed by atoms with E-state index in [-0.39, 0.29) is 0 Å². The molecule has 0 aliphatic heterocycles. The standard InChI is InChI=1S/C23H31Cl/c1-4-6-7-8-9-14-23(21-16-15-20(24)17-18(21)3)22-13-11-10-12-19(22)5-2/h10-13,15-17,23H,4-9,14H2,1-3H3. The van der Waals surface area contributed by atoms with Gasteiger partial charge in [-0.3, -0.25) is 0 Å². The minimum atomic E-state index is 0.486. The summed E-state index contributed by atoms with van der Waals surface area (Å²) in [7, 11) is 0. The van der Waals surface area contributed by atoms with Crippen molar-refractivity contribution in [2.45, 2.75) is 71.6 Å². The summed E-state index contributed by atoms with van der Waals surface area (Å²) in [5.74, 6) is 0.486. The lowest BCUT2D eigenvalue weighted by atomic mass is 9.82. The van der Waals surface area contributed by atoms with E-state index < -0.39 is 0 Å². The second-order valence-electron chi connectivity index (χ2n) is 6.81. The molecule has 1 heteroatoms. The molecule has 0 aliphatic carbocycles. The molecule has 2 aromatic rings. The lowest BCUT2D eigenvalue weighted by molar-refractivity contribution is 0.577. The normalized spacial score (nSPS) is 12.3. The third kappa shape index (κ3) is 5.11. The summed E-state index contributed by atoms with van der Waals surface area (Å²) in [5, 5.41) is 0.835. The van der Waals surface area contributed by atoms with Crippen molar-refractivity contribution < 1.29 is 0 Å². The van der Waals surface area contributed by atoms with E-state index >= 15 is 0 Å². The molecule has 2 rings (SSSR count). The molecule has 1 unspecified atom stereocenters. The van der Waals surface area contributed by atoms with Crippen LogP contribution in [0.5, 0.6) is 0 Å². The Morgan fingerprint density at radius 2 is 1.62 bits per heavy atom. The number of aryl methyl sites for hydroxylation is 2. The lowest BCUT2D eigenvalue weighted by Gasteiger charge is -2.23. The number of hydrogen-bond donors (Lipinski definition) is 0. The minimum Gasteiger partial charge on any atom is -0.0843 e. The molecule has 0 aliphatic rings. The van der Waals surface area contributed by atoms with Gasteiger partial charge in [-0.05, 0) is 54.2 Å². The molecule has 24 heavy (non-hydrogen) atoms. The van der Waals surface area contributed by atoms with Crippen molar-refractivity contribution in [3.05, 3.63) is 69.7 Å². The van der Waals surface area contributed by atoms with Crippen molar-refractivity contribution in [2.24, 2.45) is 0 Å². The van der Waals surface area contributed by atoms with Gasteiger partial charge in [-0.25, -0.2) is 0 Å². The summed E-state index contributed by atoms with van der Waals surface area (Å²) in [4.78, 5) is 0. The highest BCUT2D eigenvalue weighted by Crippen LogP contribution is 2.35. The van der Waals surface area contributed by atoms with Crippen LogP contribution in [0.3, 0.4) is 0 Å². The van der Waals surface area contributed by atoms with E-state index in [1.165, 1.54) is 60.8 Å². The Morgan fingerprint density at radius 3 is 2.33 bits per heavy atom. The van der Waals surface area contributed by atoms with Crippen LogP contribution in [-0.4, -0.2) is 0 Å². The highest BCUT2D eigenvalue weighted by molar-refractivity contribution is 6.30. The average molecular weight is 343 g/mol. The van der Waals surface area contributed by atoms with E-state index in [0.29, 0.717) is 5.92 Å². The van der Waals surface area contributed by atoms with Crippen molar-refractivity contribution in [3.8, 4) is 0 Å². The Labute approximate surface area is 153 Å². The second kappa shape index (κ2) is 9.89. The van der Waals surface area contributed by atoms with Crippen molar-refractivity contribution in [1.82, 2.24) is 0 Å². The van der Waals surface area contributed by atoms with Gasteiger partial charge in [-0.15, -0.1) is 0 Å². The molecule has 0 amide bonds. The van der Waals surface area contributed by atoms with Gasteiger partial charge < -0.3 is 0 Å². The van der Waals surface area contributed by atoms with E-state index in [9.17, 15) is 0 Å². The van der Waals surface area contributed by atoms with Crippen LogP contribution in [0.15, 0.2) is 42.5 Å². The van der Waals surface area contributed by atoms with Gasteiger partial charge in [0.15, 0.2) is 0 Å². The van der Waals surface area contributed by atoms with Crippen molar-refractivity contribution in [3.63, 3.8) is 0 Å². The monoisotopic (exact) mass is 342 g/mol. The fourth-order valence-electron chi connectivity index (χ4n) is 3.66. The first-order valence-corrected chi connectivity index (χ1v) is 9.89. The number of hydrogen-bond acceptors (Lipinski definition) is 0. The quantitative estimate of drug-likeness (QED) is 0.409. The zero-order chi connectivity index (χ0) is 17.4. The van der Waals surface area contributed by atoms with E-state index in [4.69, 9.17) is 11.6 Å². The topological polar surface area (TPSA) is 0 Å². The molecule has 0 bridgehead atoms. The lowest BCUT2D eigenvalue weighted by Crippen LogP contribution is -2.06. The van der Waals surface area contributed by atoms with Crippen LogP contribution < -0.4 is 0 Å². The zero-order valence-electron chi connectivity index (χ0n) is 15.4. The molecule has 130 valence electrons. The Bertz CT molecular complexity index is 630. The maximum Gasteiger partial charge on any atom is 0.0408 e. The molecule has 0 radical (unpaired) electrons. The van der Waals surface area contributed by atoms with Crippen LogP contribution in [0.25, 0.3) is 0 Å². The highest BCUT2D eigenvalue weighted by atomic mass is 35.5. The van der Waals surface area contributed by atoms with Gasteiger partial charge in [0.05, 0.1) is 0 Å². The Morgan fingerprint density at radius 1 is 0.875 bits per heavy atom. The summed E-state index contributed by atoms with van der Waals surface area (Å²) >= 11 is 6.19. The molecule has 0 heterocycles. The van der Waals surface area contributed by atoms with E-state index in [0.717, 1.165) is 11.4 Å². The smallest absolute Gasteiger partial charge is 0.0408 e. The molecule has 0 saturated carbocycles. The van der Waals surface area contributed by atoms with E-state index in [1.54, 1.807) is 0 Å². The van der Waals surface area contributed by atoms with Crippen LogP contribution in [0, 0.1) is 6.92 Å². The van der Waals surface area contributed by atoms with Crippen molar-refractivity contribution in [2.75, 3.05) is 0 Å². The molecule has 0 spiro atoms. The summed E-state index contributed by atoms with van der Waals surface area (Å²) < 4.78 is 0. The maximum atomic E-state index is 6.19. The summed E-state index contributed by atoms with van der Waals surface area (Å²) in [5.41, 5.74) is 5.73. The third-order valence-electron chi connectivity index (χ3n) is 5.02. The Balaban J connectivity index is 2.27. The van der Waals surface area contributed by atoms with Crippen LogP contribution >= 0.6 is 11.6 Å². The molecule has 0 N–H and O–H groups in total. The number of benzene rings is 2. The zero-order valence-corrected chi connectivity index (χ0v) is 16.2. The van der Waals surface area contributed by atoms with Gasteiger partial charge in [-0.2, -0.15) is 0 Å². The second-order valence-corrected chi connectivity index (χ2v) is 7.25. The first-order chi connectivity index (χ1) is 11.7. The summed E-state index contributed by atoms with van der Waals surface area (Å²) in [6, 6.07) is 15.3. The van der Waals surface area contributed by atoms with Crippen molar-refractivity contribution >= 4 is 11.6 Å². The predicted octanol–water partition coefficient (Wildman–Crippen LogP) is 7.70. The minimum absolute atomic E-state index is 0.486. The van der Waals surface area contributed by atoms with Gasteiger partial charge in [0.1, 0.15) is 0 Å².